The van der Waals surface area contributed by atoms with Crippen molar-refractivity contribution in [1.82, 2.24) is 14.7 Å². The van der Waals surface area contributed by atoms with E-state index in [1.807, 2.05) is 6.92 Å². The lowest BCUT2D eigenvalue weighted by Crippen LogP contribution is -2.32. The predicted molar refractivity (Wildman–Crippen MR) is 84.1 cm³/mol. The van der Waals surface area contributed by atoms with Gasteiger partial charge in [-0.1, -0.05) is 0 Å². The number of rotatable bonds is 5. The van der Waals surface area contributed by atoms with Crippen LogP contribution < -0.4 is 16.6 Å². The molecule has 0 aromatic carbocycles. The normalized spacial score (nSPS) is 10.2. The van der Waals surface area contributed by atoms with E-state index in [0.717, 1.165) is 18.4 Å². The minimum Gasteiger partial charge on any atom is -0.352 e. The summed E-state index contributed by atoms with van der Waals surface area (Å²) in [6.07, 6.45) is 4.60. The number of fused-ring (bicyclic) bond motifs is 1. The molecule has 0 spiro atoms. The van der Waals surface area contributed by atoms with Gasteiger partial charge in [-0.25, -0.2) is 4.98 Å². The summed E-state index contributed by atoms with van der Waals surface area (Å²) in [5.41, 5.74) is 6.63. The Morgan fingerprint density at radius 3 is 2.90 bits per heavy atom. The molecule has 0 aliphatic heterocycles. The third-order valence-corrected chi connectivity index (χ3v) is 3.03. The summed E-state index contributed by atoms with van der Waals surface area (Å²) in [6, 6.07) is 3.60. The van der Waals surface area contributed by atoms with Gasteiger partial charge in [-0.2, -0.15) is 0 Å². The first-order chi connectivity index (χ1) is 9.63. The monoisotopic (exact) mass is 310 g/mol. The molecular weight excluding hydrogens is 292 g/mol. The van der Waals surface area contributed by atoms with E-state index in [-0.39, 0.29) is 23.5 Å². The summed E-state index contributed by atoms with van der Waals surface area (Å²) in [5, 5.41) is 2.70. The zero-order valence-corrected chi connectivity index (χ0v) is 12.7. The third kappa shape index (κ3) is 4.03. The lowest BCUT2D eigenvalue weighted by molar-refractivity contribution is 0.0951. The van der Waals surface area contributed by atoms with E-state index in [1.165, 1.54) is 10.6 Å². The van der Waals surface area contributed by atoms with Gasteiger partial charge in [-0.15, -0.1) is 12.4 Å². The van der Waals surface area contributed by atoms with Crippen molar-refractivity contribution in [2.24, 2.45) is 5.73 Å². The Kier molecular flexibility index (Phi) is 6.33. The fraction of sp³-hybridized carbons (Fsp3) is 0.357. The Balaban J connectivity index is 0.00000220. The average molecular weight is 311 g/mol. The second kappa shape index (κ2) is 7.75. The van der Waals surface area contributed by atoms with Crippen LogP contribution in [0.4, 0.5) is 0 Å². The van der Waals surface area contributed by atoms with E-state index >= 15 is 0 Å². The smallest absolute Gasteiger partial charge is 0.270 e. The molecule has 0 unspecified atom stereocenters. The molecule has 21 heavy (non-hydrogen) atoms. The Labute approximate surface area is 128 Å². The predicted octanol–water partition coefficient (Wildman–Crippen LogP) is 0.893. The van der Waals surface area contributed by atoms with Crippen molar-refractivity contribution < 1.29 is 4.79 Å². The lowest BCUT2D eigenvalue weighted by atomic mass is 10.2. The van der Waals surface area contributed by atoms with Gasteiger partial charge in [0.2, 0.25) is 0 Å². The summed E-state index contributed by atoms with van der Waals surface area (Å²) in [7, 11) is 0. The number of aromatic nitrogens is 2. The van der Waals surface area contributed by atoms with E-state index in [1.54, 1.807) is 18.3 Å². The van der Waals surface area contributed by atoms with Crippen molar-refractivity contribution in [2.75, 3.05) is 13.1 Å². The molecule has 1 amide bonds. The van der Waals surface area contributed by atoms with E-state index in [0.29, 0.717) is 18.7 Å². The topological polar surface area (TPSA) is 89.5 Å². The number of aryl methyl sites for hydroxylation is 1. The van der Waals surface area contributed by atoms with Gasteiger partial charge >= 0.3 is 0 Å². The molecule has 0 saturated carbocycles. The molecule has 0 aliphatic rings. The average Bonchev–Trinajstić information content (AvgIpc) is 2.43. The Morgan fingerprint density at radius 2 is 2.19 bits per heavy atom. The van der Waals surface area contributed by atoms with Crippen molar-refractivity contribution in [2.45, 2.75) is 19.8 Å². The standard InChI is InChI=1S/C14H18N4O2.ClH/c1-10-4-7-18-12(8-10)17-9-11(14(18)20)13(19)16-6-3-2-5-15;/h4,7-9H,2-3,5-6,15H2,1H3,(H,16,19);1H. The van der Waals surface area contributed by atoms with E-state index in [9.17, 15) is 9.59 Å². The largest absolute Gasteiger partial charge is 0.352 e. The van der Waals surface area contributed by atoms with Crippen LogP contribution in [0.2, 0.25) is 0 Å². The van der Waals surface area contributed by atoms with Crippen LogP contribution in [0.25, 0.3) is 5.65 Å². The zero-order valence-electron chi connectivity index (χ0n) is 11.8. The molecule has 0 fully saturated rings. The summed E-state index contributed by atoms with van der Waals surface area (Å²) in [4.78, 5) is 28.3. The van der Waals surface area contributed by atoms with Crippen molar-refractivity contribution in [1.29, 1.82) is 0 Å². The molecule has 6 nitrogen and oxygen atoms in total. The molecule has 7 heteroatoms. The number of hydrogen-bond donors (Lipinski definition) is 2. The second-order valence-electron chi connectivity index (χ2n) is 4.66. The maximum atomic E-state index is 12.2. The van der Waals surface area contributed by atoms with Gasteiger partial charge in [0.05, 0.1) is 0 Å². The van der Waals surface area contributed by atoms with Crippen molar-refractivity contribution in [3.05, 3.63) is 46.0 Å². The van der Waals surface area contributed by atoms with E-state index in [2.05, 4.69) is 10.3 Å². The SMILES string of the molecule is Cc1ccn2c(=O)c(C(=O)NCCCCN)cnc2c1.Cl. The molecule has 0 aliphatic carbocycles. The summed E-state index contributed by atoms with van der Waals surface area (Å²) in [5.74, 6) is -0.394. The first-order valence-corrected chi connectivity index (χ1v) is 6.60. The lowest BCUT2D eigenvalue weighted by Gasteiger charge is -2.06. The Morgan fingerprint density at radius 1 is 1.43 bits per heavy atom. The maximum absolute atomic E-state index is 12.2. The fourth-order valence-corrected chi connectivity index (χ4v) is 1.90. The van der Waals surface area contributed by atoms with Gasteiger partial charge in [0.1, 0.15) is 11.2 Å². The summed E-state index contributed by atoms with van der Waals surface area (Å²) >= 11 is 0. The molecule has 114 valence electrons. The van der Waals surface area contributed by atoms with Gasteiger partial charge in [-0.05, 0) is 44.0 Å². The molecule has 0 saturated heterocycles. The third-order valence-electron chi connectivity index (χ3n) is 3.03. The molecule has 2 aromatic rings. The molecule has 0 atom stereocenters. The highest BCUT2D eigenvalue weighted by atomic mass is 35.5. The number of nitrogens with zero attached hydrogens (tertiary/aromatic N) is 2. The van der Waals surface area contributed by atoms with Crippen LogP contribution in [-0.4, -0.2) is 28.4 Å². The summed E-state index contributed by atoms with van der Waals surface area (Å²) < 4.78 is 1.38. The van der Waals surface area contributed by atoms with E-state index < -0.39 is 5.91 Å². The number of unbranched alkanes of at least 4 members (excludes halogenated alkanes) is 1. The number of pyridine rings is 1. The molecule has 0 bridgehead atoms. The Bertz CT molecular complexity index is 684. The minimum absolute atomic E-state index is 0. The quantitative estimate of drug-likeness (QED) is 0.803. The van der Waals surface area contributed by atoms with Crippen molar-refractivity contribution in [3.63, 3.8) is 0 Å². The molecule has 3 N–H and O–H groups in total. The minimum atomic E-state index is -0.394. The van der Waals surface area contributed by atoms with Gasteiger partial charge in [0.25, 0.3) is 11.5 Å². The van der Waals surface area contributed by atoms with Crippen LogP contribution in [-0.2, 0) is 0 Å². The van der Waals surface area contributed by atoms with Gasteiger partial charge < -0.3 is 11.1 Å². The number of carbonyl (C=O) groups is 1. The molecule has 2 aromatic heterocycles. The van der Waals surface area contributed by atoms with Crippen LogP contribution in [0.5, 0.6) is 0 Å². The molecule has 2 rings (SSSR count). The van der Waals surface area contributed by atoms with Crippen LogP contribution in [0.3, 0.4) is 0 Å². The van der Waals surface area contributed by atoms with Crippen molar-refractivity contribution in [3.8, 4) is 0 Å². The van der Waals surface area contributed by atoms with Crippen LogP contribution >= 0.6 is 12.4 Å². The number of nitrogens with two attached hydrogens (primary N) is 1. The molecule has 2 heterocycles. The number of hydrogen-bond acceptors (Lipinski definition) is 4. The zero-order chi connectivity index (χ0) is 14.5. The summed E-state index contributed by atoms with van der Waals surface area (Å²) in [6.45, 7) is 3.02. The number of halogens is 1. The highest BCUT2D eigenvalue weighted by molar-refractivity contribution is 5.93. The first-order valence-electron chi connectivity index (χ1n) is 6.60. The first kappa shape index (κ1) is 17.1. The molecular formula is C14H19ClN4O2. The van der Waals surface area contributed by atoms with Crippen LogP contribution in [0.15, 0.2) is 29.3 Å². The van der Waals surface area contributed by atoms with Gasteiger partial charge in [0.15, 0.2) is 0 Å². The van der Waals surface area contributed by atoms with Gasteiger partial charge in [-0.3, -0.25) is 14.0 Å². The maximum Gasteiger partial charge on any atom is 0.270 e. The van der Waals surface area contributed by atoms with Crippen molar-refractivity contribution >= 4 is 24.0 Å². The second-order valence-corrected chi connectivity index (χ2v) is 4.66. The highest BCUT2D eigenvalue weighted by Crippen LogP contribution is 2.02. The van der Waals surface area contributed by atoms with Crippen LogP contribution in [0, 0.1) is 6.92 Å². The molecule has 0 radical (unpaired) electrons. The number of amides is 1. The number of nitrogens with one attached hydrogen (secondary N) is 1. The van der Waals surface area contributed by atoms with E-state index in [4.69, 9.17) is 5.73 Å². The highest BCUT2D eigenvalue weighted by Gasteiger charge is 2.12. The van der Waals surface area contributed by atoms with Crippen LogP contribution in [0.1, 0.15) is 28.8 Å². The number of carbonyl (C=O) groups excluding carboxylic acids is 1. The Hall–Kier alpha value is -1.92. The fourth-order valence-electron chi connectivity index (χ4n) is 1.90. The van der Waals surface area contributed by atoms with Gasteiger partial charge in [0, 0.05) is 18.9 Å².